The maximum Gasteiger partial charge on any atom is 0.273 e. The first kappa shape index (κ1) is 16.6. The molecule has 9 heteroatoms. The molecule has 0 aliphatic carbocycles. The van der Waals surface area contributed by atoms with E-state index < -0.39 is 0 Å². The molecule has 0 spiro atoms. The van der Waals surface area contributed by atoms with Crippen molar-refractivity contribution in [3.05, 3.63) is 47.4 Å². The number of rotatable bonds is 6. The molecule has 0 aromatic carbocycles. The van der Waals surface area contributed by atoms with E-state index in [1.54, 1.807) is 17.7 Å². The van der Waals surface area contributed by atoms with Crippen molar-refractivity contribution >= 4 is 11.7 Å². The molecule has 9 nitrogen and oxygen atoms in total. The van der Waals surface area contributed by atoms with Gasteiger partial charge >= 0.3 is 0 Å². The van der Waals surface area contributed by atoms with E-state index in [1.807, 2.05) is 26.0 Å². The second-order valence-electron chi connectivity index (χ2n) is 5.61. The zero-order valence-electron chi connectivity index (χ0n) is 14.3. The lowest BCUT2D eigenvalue weighted by atomic mass is 10.3. The molecule has 0 aliphatic rings. The van der Waals surface area contributed by atoms with Crippen LogP contribution in [0.1, 0.15) is 27.6 Å². The van der Waals surface area contributed by atoms with E-state index in [9.17, 15) is 4.79 Å². The van der Waals surface area contributed by atoms with Crippen molar-refractivity contribution in [3.8, 4) is 5.82 Å². The summed E-state index contributed by atoms with van der Waals surface area (Å²) in [5.74, 6) is 1.67. The highest BCUT2D eigenvalue weighted by Gasteiger charge is 2.10. The van der Waals surface area contributed by atoms with Gasteiger partial charge in [0.05, 0.1) is 5.69 Å². The fourth-order valence-corrected chi connectivity index (χ4v) is 2.35. The second kappa shape index (κ2) is 7.12. The summed E-state index contributed by atoms with van der Waals surface area (Å²) in [4.78, 5) is 20.3. The number of nitrogens with one attached hydrogen (secondary N) is 2. The molecule has 0 unspecified atom stereocenters. The van der Waals surface area contributed by atoms with Gasteiger partial charge in [0.25, 0.3) is 5.91 Å². The van der Waals surface area contributed by atoms with Gasteiger partial charge in [-0.25, -0.2) is 14.6 Å². The lowest BCUT2D eigenvalue weighted by Gasteiger charge is -2.08. The van der Waals surface area contributed by atoms with Gasteiger partial charge in [0.2, 0.25) is 0 Å². The molecule has 0 fully saturated rings. The Morgan fingerprint density at radius 1 is 1.16 bits per heavy atom. The molecule has 0 saturated carbocycles. The van der Waals surface area contributed by atoms with Crippen molar-refractivity contribution in [1.82, 2.24) is 30.2 Å². The maximum absolute atomic E-state index is 11.8. The molecule has 0 saturated heterocycles. The Morgan fingerprint density at radius 3 is 2.68 bits per heavy atom. The van der Waals surface area contributed by atoms with Gasteiger partial charge in [0, 0.05) is 30.9 Å². The van der Waals surface area contributed by atoms with Crippen LogP contribution in [0.2, 0.25) is 0 Å². The Kier molecular flexibility index (Phi) is 4.73. The van der Waals surface area contributed by atoms with E-state index in [2.05, 4.69) is 30.9 Å². The monoisotopic (exact) mass is 341 g/mol. The molecule has 130 valence electrons. The molecule has 3 aromatic rings. The van der Waals surface area contributed by atoms with E-state index in [0.717, 1.165) is 11.4 Å². The van der Waals surface area contributed by atoms with Crippen molar-refractivity contribution < 1.29 is 9.32 Å². The third-order valence-electron chi connectivity index (χ3n) is 3.46. The average molecular weight is 341 g/mol. The summed E-state index contributed by atoms with van der Waals surface area (Å²) >= 11 is 0. The van der Waals surface area contributed by atoms with E-state index in [0.29, 0.717) is 30.5 Å². The number of carbonyl (C=O) groups excluding carboxylic acids is 1. The van der Waals surface area contributed by atoms with Crippen LogP contribution in [0.25, 0.3) is 5.82 Å². The van der Waals surface area contributed by atoms with Gasteiger partial charge in [-0.2, -0.15) is 5.10 Å². The largest absolute Gasteiger partial charge is 0.368 e. The van der Waals surface area contributed by atoms with Crippen molar-refractivity contribution in [3.63, 3.8) is 0 Å². The number of hydrogen-bond acceptors (Lipinski definition) is 7. The Hall–Kier alpha value is -3.23. The number of carbonyl (C=O) groups is 1. The molecular formula is C16H19N7O2. The fraction of sp³-hybridized carbons (Fsp3) is 0.312. The molecular weight excluding hydrogens is 322 g/mol. The number of anilines is 1. The predicted molar refractivity (Wildman–Crippen MR) is 90.7 cm³/mol. The van der Waals surface area contributed by atoms with Crippen molar-refractivity contribution in [2.24, 2.45) is 0 Å². The molecule has 3 rings (SSSR count). The molecule has 0 atom stereocenters. The number of nitrogens with zero attached hydrogens (tertiary/aromatic N) is 5. The normalized spacial score (nSPS) is 10.7. The summed E-state index contributed by atoms with van der Waals surface area (Å²) in [7, 11) is 0. The van der Waals surface area contributed by atoms with Crippen LogP contribution in [-0.2, 0) is 0 Å². The third-order valence-corrected chi connectivity index (χ3v) is 3.46. The molecule has 3 heterocycles. The van der Waals surface area contributed by atoms with Crippen molar-refractivity contribution in [2.75, 3.05) is 18.4 Å². The van der Waals surface area contributed by atoms with Crippen LogP contribution < -0.4 is 10.6 Å². The predicted octanol–water partition coefficient (Wildman–Crippen LogP) is 1.42. The molecule has 25 heavy (non-hydrogen) atoms. The first-order valence-electron chi connectivity index (χ1n) is 7.84. The average Bonchev–Trinajstić information content (AvgIpc) is 3.17. The maximum atomic E-state index is 11.8. The molecule has 0 bridgehead atoms. The van der Waals surface area contributed by atoms with Gasteiger partial charge in [-0.05, 0) is 26.8 Å². The Bertz CT molecular complexity index is 884. The molecule has 3 aromatic heterocycles. The van der Waals surface area contributed by atoms with Crippen LogP contribution in [0, 0.1) is 20.8 Å². The highest BCUT2D eigenvalue weighted by molar-refractivity contribution is 5.92. The zero-order valence-corrected chi connectivity index (χ0v) is 14.3. The minimum atomic E-state index is -0.273. The van der Waals surface area contributed by atoms with Gasteiger partial charge in [-0.15, -0.1) is 0 Å². The molecule has 0 aliphatic heterocycles. The lowest BCUT2D eigenvalue weighted by Crippen LogP contribution is -2.29. The van der Waals surface area contributed by atoms with Crippen molar-refractivity contribution in [2.45, 2.75) is 20.8 Å². The smallest absolute Gasteiger partial charge is 0.273 e. The lowest BCUT2D eigenvalue weighted by molar-refractivity contribution is 0.0946. The summed E-state index contributed by atoms with van der Waals surface area (Å²) in [5.41, 5.74) is 2.19. The SMILES string of the molecule is Cc1cc(C)n(-c2cc(NCCNC(=O)c3cc(C)on3)ncn2)n1. The van der Waals surface area contributed by atoms with Crippen LogP contribution in [0.15, 0.2) is 29.0 Å². The molecule has 1 amide bonds. The quantitative estimate of drug-likeness (QED) is 0.652. The highest BCUT2D eigenvalue weighted by Crippen LogP contribution is 2.12. The molecule has 2 N–H and O–H groups in total. The topological polar surface area (TPSA) is 111 Å². The van der Waals surface area contributed by atoms with Crippen LogP contribution >= 0.6 is 0 Å². The minimum absolute atomic E-state index is 0.270. The zero-order chi connectivity index (χ0) is 17.8. The third kappa shape index (κ3) is 4.00. The standard InChI is InChI=1S/C16H19N7O2/c1-10-6-11(2)23(21-10)15-8-14(19-9-20-15)17-4-5-18-16(24)13-7-12(3)25-22-13/h6-9H,4-5H2,1-3H3,(H,18,24)(H,17,19,20). The van der Waals surface area contributed by atoms with Crippen LogP contribution in [-0.4, -0.2) is 43.9 Å². The highest BCUT2D eigenvalue weighted by atomic mass is 16.5. The van der Waals surface area contributed by atoms with Crippen LogP contribution in [0.5, 0.6) is 0 Å². The van der Waals surface area contributed by atoms with E-state index in [1.165, 1.54) is 6.33 Å². The number of aryl methyl sites for hydroxylation is 3. The summed E-state index contributed by atoms with van der Waals surface area (Å²) in [6.07, 6.45) is 1.48. The number of aromatic nitrogens is 5. The summed E-state index contributed by atoms with van der Waals surface area (Å²) in [6, 6.07) is 5.38. The fourth-order valence-electron chi connectivity index (χ4n) is 2.35. The van der Waals surface area contributed by atoms with Crippen LogP contribution in [0.4, 0.5) is 5.82 Å². The van der Waals surface area contributed by atoms with Gasteiger partial charge < -0.3 is 15.2 Å². The van der Waals surface area contributed by atoms with Gasteiger partial charge in [-0.3, -0.25) is 4.79 Å². The van der Waals surface area contributed by atoms with E-state index in [-0.39, 0.29) is 11.6 Å². The number of hydrogen-bond donors (Lipinski definition) is 2. The van der Waals surface area contributed by atoms with Gasteiger partial charge in [0.15, 0.2) is 11.5 Å². The molecule has 0 radical (unpaired) electrons. The Balaban J connectivity index is 1.54. The van der Waals surface area contributed by atoms with E-state index >= 15 is 0 Å². The first-order chi connectivity index (χ1) is 12.0. The summed E-state index contributed by atoms with van der Waals surface area (Å²) in [6.45, 7) is 6.57. The van der Waals surface area contributed by atoms with Crippen LogP contribution in [0.3, 0.4) is 0 Å². The minimum Gasteiger partial charge on any atom is -0.368 e. The first-order valence-corrected chi connectivity index (χ1v) is 7.84. The van der Waals surface area contributed by atoms with Gasteiger partial charge in [0.1, 0.15) is 17.9 Å². The Labute approximate surface area is 144 Å². The number of amides is 1. The Morgan fingerprint density at radius 2 is 2.00 bits per heavy atom. The second-order valence-corrected chi connectivity index (χ2v) is 5.61. The summed E-state index contributed by atoms with van der Waals surface area (Å²) in [5, 5.41) is 14.0. The van der Waals surface area contributed by atoms with Crippen molar-refractivity contribution in [1.29, 1.82) is 0 Å². The van der Waals surface area contributed by atoms with E-state index in [4.69, 9.17) is 4.52 Å². The van der Waals surface area contributed by atoms with Gasteiger partial charge in [-0.1, -0.05) is 5.16 Å². The summed E-state index contributed by atoms with van der Waals surface area (Å²) < 4.78 is 6.64.